The maximum Gasteiger partial charge on any atom is 0.407 e. The Labute approximate surface area is 186 Å². The van der Waals surface area contributed by atoms with Crippen LogP contribution >= 0.6 is 0 Å². The first-order valence-corrected chi connectivity index (χ1v) is 10.7. The summed E-state index contributed by atoms with van der Waals surface area (Å²) in [5, 5.41) is 11.7. The lowest BCUT2D eigenvalue weighted by molar-refractivity contribution is -0.146. The molecule has 1 fully saturated rings. The quantitative estimate of drug-likeness (QED) is 0.718. The van der Waals surface area contributed by atoms with Crippen molar-refractivity contribution in [2.24, 2.45) is 0 Å². The topological polar surface area (TPSA) is 105 Å². The molecular formula is C24H26N2O6. The SMILES string of the molecule is CC1COCCN1C(=O)C(CC(=O)O)NC(=O)OCC1c2ccccc2-c2ccccc21. The van der Waals surface area contributed by atoms with Gasteiger partial charge in [0.2, 0.25) is 5.91 Å². The fourth-order valence-corrected chi connectivity index (χ4v) is 4.41. The molecule has 0 aromatic heterocycles. The van der Waals surface area contributed by atoms with Gasteiger partial charge in [-0.15, -0.1) is 0 Å². The highest BCUT2D eigenvalue weighted by Gasteiger charge is 2.33. The van der Waals surface area contributed by atoms with Crippen molar-refractivity contribution in [2.75, 3.05) is 26.4 Å². The average Bonchev–Trinajstić information content (AvgIpc) is 3.10. The van der Waals surface area contributed by atoms with E-state index >= 15 is 0 Å². The number of fused-ring (bicyclic) bond motifs is 3. The molecule has 0 spiro atoms. The van der Waals surface area contributed by atoms with Crippen LogP contribution in [0.25, 0.3) is 11.1 Å². The van der Waals surface area contributed by atoms with Gasteiger partial charge in [0.15, 0.2) is 0 Å². The van der Waals surface area contributed by atoms with Gasteiger partial charge in [0.05, 0.1) is 25.7 Å². The molecule has 0 radical (unpaired) electrons. The lowest BCUT2D eigenvalue weighted by Crippen LogP contribution is -2.55. The number of carboxylic acid groups (broad SMARTS) is 1. The van der Waals surface area contributed by atoms with E-state index in [2.05, 4.69) is 5.32 Å². The summed E-state index contributed by atoms with van der Waals surface area (Å²) in [7, 11) is 0. The first-order valence-electron chi connectivity index (χ1n) is 10.7. The number of hydrogen-bond donors (Lipinski definition) is 2. The Bertz CT molecular complexity index is 978. The Hall–Kier alpha value is -3.39. The first-order chi connectivity index (χ1) is 15.5. The van der Waals surface area contributed by atoms with Crippen LogP contribution in [0.15, 0.2) is 48.5 Å². The van der Waals surface area contributed by atoms with Gasteiger partial charge in [-0.3, -0.25) is 9.59 Å². The predicted molar refractivity (Wildman–Crippen MR) is 116 cm³/mol. The molecule has 1 saturated heterocycles. The number of hydrogen-bond acceptors (Lipinski definition) is 5. The minimum Gasteiger partial charge on any atom is -0.481 e. The molecule has 8 nitrogen and oxygen atoms in total. The van der Waals surface area contributed by atoms with Gasteiger partial charge >= 0.3 is 12.1 Å². The van der Waals surface area contributed by atoms with Crippen molar-refractivity contribution in [3.8, 4) is 11.1 Å². The van der Waals surface area contributed by atoms with Gasteiger partial charge in [-0.1, -0.05) is 48.5 Å². The summed E-state index contributed by atoms with van der Waals surface area (Å²) >= 11 is 0. The highest BCUT2D eigenvalue weighted by atomic mass is 16.5. The molecule has 2 N–H and O–H groups in total. The molecule has 2 aromatic rings. The van der Waals surface area contributed by atoms with Crippen LogP contribution in [0.5, 0.6) is 0 Å². The second-order valence-electron chi connectivity index (χ2n) is 8.08. The minimum absolute atomic E-state index is 0.0851. The minimum atomic E-state index is -1.20. The van der Waals surface area contributed by atoms with Crippen LogP contribution in [0, 0.1) is 0 Å². The standard InChI is InChI=1S/C24H26N2O6/c1-15-13-31-11-10-26(15)23(29)21(12-22(27)28)25-24(30)32-14-20-18-8-4-2-6-16(18)17-7-3-5-9-19(17)20/h2-9,15,20-21H,10-14H2,1H3,(H,25,30)(H,27,28). The number of ether oxygens (including phenoxy) is 2. The van der Waals surface area contributed by atoms with Crippen LogP contribution in [-0.4, -0.2) is 66.4 Å². The maximum atomic E-state index is 12.9. The highest BCUT2D eigenvalue weighted by molar-refractivity contribution is 5.89. The van der Waals surface area contributed by atoms with E-state index < -0.39 is 30.4 Å². The molecule has 32 heavy (non-hydrogen) atoms. The van der Waals surface area contributed by atoms with Gasteiger partial charge in [-0.25, -0.2) is 4.79 Å². The zero-order valence-corrected chi connectivity index (χ0v) is 17.8. The number of nitrogens with one attached hydrogen (secondary N) is 1. The molecule has 1 aliphatic heterocycles. The summed E-state index contributed by atoms with van der Waals surface area (Å²) in [6.45, 7) is 3.00. The fourth-order valence-electron chi connectivity index (χ4n) is 4.41. The van der Waals surface area contributed by atoms with Crippen LogP contribution in [0.4, 0.5) is 4.79 Å². The number of alkyl carbamates (subject to hydrolysis) is 1. The van der Waals surface area contributed by atoms with Crippen LogP contribution in [0.1, 0.15) is 30.4 Å². The zero-order chi connectivity index (χ0) is 22.7. The number of morpholine rings is 1. The summed E-state index contributed by atoms with van der Waals surface area (Å²) in [4.78, 5) is 38.3. The third-order valence-corrected chi connectivity index (χ3v) is 5.96. The summed E-state index contributed by atoms with van der Waals surface area (Å²) in [5.74, 6) is -1.75. The van der Waals surface area contributed by atoms with Crippen molar-refractivity contribution >= 4 is 18.0 Å². The molecule has 2 aromatic carbocycles. The summed E-state index contributed by atoms with van der Waals surface area (Å²) < 4.78 is 10.8. The largest absolute Gasteiger partial charge is 0.481 e. The fraction of sp³-hybridized carbons (Fsp3) is 0.375. The van der Waals surface area contributed by atoms with Crippen molar-refractivity contribution in [2.45, 2.75) is 31.3 Å². The van der Waals surface area contributed by atoms with Gasteiger partial charge in [0.25, 0.3) is 0 Å². The second kappa shape index (κ2) is 9.40. The van der Waals surface area contributed by atoms with Gasteiger partial charge in [-0.2, -0.15) is 0 Å². The van der Waals surface area contributed by atoms with E-state index in [1.54, 1.807) is 4.90 Å². The van der Waals surface area contributed by atoms with Gasteiger partial charge in [-0.05, 0) is 29.2 Å². The van der Waals surface area contributed by atoms with Crippen molar-refractivity contribution < 1.29 is 29.0 Å². The molecule has 0 bridgehead atoms. The molecule has 1 heterocycles. The van der Waals surface area contributed by atoms with Crippen molar-refractivity contribution in [1.82, 2.24) is 10.2 Å². The van der Waals surface area contributed by atoms with E-state index in [1.165, 1.54) is 0 Å². The summed E-state index contributed by atoms with van der Waals surface area (Å²) in [6.07, 6.45) is -1.33. The van der Waals surface area contributed by atoms with Crippen molar-refractivity contribution in [3.05, 3.63) is 59.7 Å². The second-order valence-corrected chi connectivity index (χ2v) is 8.08. The molecule has 2 aliphatic rings. The Morgan fingerprint density at radius 2 is 1.75 bits per heavy atom. The smallest absolute Gasteiger partial charge is 0.407 e. The number of amides is 2. The Morgan fingerprint density at radius 1 is 1.12 bits per heavy atom. The molecule has 168 valence electrons. The normalized spacial score (nSPS) is 18.4. The molecule has 4 rings (SSSR count). The Balaban J connectivity index is 1.44. The average molecular weight is 438 g/mol. The van der Waals surface area contributed by atoms with E-state index in [9.17, 15) is 19.5 Å². The summed E-state index contributed by atoms with van der Waals surface area (Å²) in [5.41, 5.74) is 4.36. The summed E-state index contributed by atoms with van der Waals surface area (Å²) in [6, 6.07) is 14.5. The Morgan fingerprint density at radius 3 is 2.34 bits per heavy atom. The molecule has 1 aliphatic carbocycles. The molecule has 8 heteroatoms. The lowest BCUT2D eigenvalue weighted by atomic mass is 9.98. The monoisotopic (exact) mass is 438 g/mol. The van der Waals surface area contributed by atoms with E-state index in [0.717, 1.165) is 22.3 Å². The van der Waals surface area contributed by atoms with E-state index in [-0.39, 0.29) is 18.6 Å². The van der Waals surface area contributed by atoms with Crippen LogP contribution in [-0.2, 0) is 19.1 Å². The van der Waals surface area contributed by atoms with Crippen LogP contribution in [0.2, 0.25) is 0 Å². The first kappa shape index (κ1) is 21.8. The number of carboxylic acids is 1. The van der Waals surface area contributed by atoms with E-state index in [4.69, 9.17) is 9.47 Å². The molecule has 2 unspecified atom stereocenters. The Kier molecular flexibility index (Phi) is 6.41. The number of aliphatic carboxylic acids is 1. The predicted octanol–water partition coefficient (Wildman–Crippen LogP) is 2.62. The maximum absolute atomic E-state index is 12.9. The molecule has 2 amide bonds. The lowest BCUT2D eigenvalue weighted by Gasteiger charge is -2.35. The van der Waals surface area contributed by atoms with E-state index in [1.807, 2.05) is 55.5 Å². The third-order valence-electron chi connectivity index (χ3n) is 5.96. The van der Waals surface area contributed by atoms with Gasteiger partial charge < -0.3 is 24.8 Å². The van der Waals surface area contributed by atoms with Crippen molar-refractivity contribution in [3.63, 3.8) is 0 Å². The molecule has 0 saturated carbocycles. The van der Waals surface area contributed by atoms with Gasteiger partial charge in [0, 0.05) is 12.5 Å². The van der Waals surface area contributed by atoms with Crippen LogP contribution < -0.4 is 5.32 Å². The van der Waals surface area contributed by atoms with E-state index in [0.29, 0.717) is 19.8 Å². The number of benzene rings is 2. The zero-order valence-electron chi connectivity index (χ0n) is 17.8. The molecular weight excluding hydrogens is 412 g/mol. The number of carbonyl (C=O) groups excluding carboxylic acids is 2. The molecule has 2 atom stereocenters. The highest BCUT2D eigenvalue weighted by Crippen LogP contribution is 2.44. The number of rotatable bonds is 6. The van der Waals surface area contributed by atoms with Crippen molar-refractivity contribution in [1.29, 1.82) is 0 Å². The van der Waals surface area contributed by atoms with Gasteiger partial charge in [0.1, 0.15) is 12.6 Å². The number of carbonyl (C=O) groups is 3. The number of nitrogens with zero attached hydrogens (tertiary/aromatic N) is 1. The van der Waals surface area contributed by atoms with Crippen LogP contribution in [0.3, 0.4) is 0 Å². The third kappa shape index (κ3) is 4.45.